The molecule has 0 fully saturated rings. The van der Waals surface area contributed by atoms with E-state index in [1.807, 2.05) is 64.1 Å². The number of rotatable bonds is 7. The first-order valence-electron chi connectivity index (χ1n) is 8.56. The second-order valence-corrected chi connectivity index (χ2v) is 6.54. The number of nitrogens with one attached hydrogen (secondary N) is 3. The molecule has 0 aliphatic carbocycles. The maximum Gasteiger partial charge on any atom is 0.261 e. The quantitative estimate of drug-likeness (QED) is 0.660. The van der Waals surface area contributed by atoms with Crippen molar-refractivity contribution in [3.8, 4) is 0 Å². The fourth-order valence-corrected chi connectivity index (χ4v) is 2.52. The van der Waals surface area contributed by atoms with Gasteiger partial charge in [0.1, 0.15) is 6.04 Å². The molecular weight excluding hydrogens is 330 g/mol. The lowest BCUT2D eigenvalue weighted by molar-refractivity contribution is -0.129. The van der Waals surface area contributed by atoms with E-state index in [0.717, 1.165) is 17.0 Å². The minimum Gasteiger partial charge on any atom is -0.344 e. The van der Waals surface area contributed by atoms with Gasteiger partial charge in [-0.15, -0.1) is 0 Å². The van der Waals surface area contributed by atoms with Gasteiger partial charge in [-0.05, 0) is 31.4 Å². The first-order valence-corrected chi connectivity index (χ1v) is 8.56. The number of carbonyl (C=O) groups excluding carboxylic acids is 2. The average Bonchev–Trinajstić information content (AvgIpc) is 2.57. The van der Waals surface area contributed by atoms with Crippen molar-refractivity contribution in [2.24, 2.45) is 5.92 Å². The monoisotopic (exact) mass is 355 g/mol. The van der Waals surface area contributed by atoms with Gasteiger partial charge in [-0.3, -0.25) is 20.4 Å². The zero-order chi connectivity index (χ0) is 19.1. The average molecular weight is 355 g/mol. The van der Waals surface area contributed by atoms with Crippen LogP contribution in [0.15, 0.2) is 36.4 Å². The molecule has 0 aliphatic heterocycles. The number of carbonyl (C=O) groups is 2. The maximum atomic E-state index is 12.5. The molecule has 0 spiro atoms. The minimum atomic E-state index is -0.662. The van der Waals surface area contributed by atoms with Crippen LogP contribution in [0.2, 0.25) is 0 Å². The molecule has 7 nitrogen and oxygen atoms in total. The van der Waals surface area contributed by atoms with E-state index in [0.29, 0.717) is 5.95 Å². The molecule has 1 atom stereocenters. The Morgan fingerprint density at radius 2 is 1.65 bits per heavy atom. The zero-order valence-electron chi connectivity index (χ0n) is 15.5. The van der Waals surface area contributed by atoms with Crippen LogP contribution in [0, 0.1) is 19.8 Å². The first-order chi connectivity index (χ1) is 12.3. The summed E-state index contributed by atoms with van der Waals surface area (Å²) in [4.78, 5) is 33.1. The summed E-state index contributed by atoms with van der Waals surface area (Å²) in [7, 11) is 0. The highest BCUT2D eigenvalue weighted by atomic mass is 16.2. The Balaban J connectivity index is 1.95. The van der Waals surface area contributed by atoms with E-state index in [1.165, 1.54) is 0 Å². The van der Waals surface area contributed by atoms with Gasteiger partial charge in [0.2, 0.25) is 11.9 Å². The molecular formula is C19H25N5O2. The van der Waals surface area contributed by atoms with Gasteiger partial charge in [0.25, 0.3) is 5.91 Å². The van der Waals surface area contributed by atoms with Crippen LogP contribution in [0.4, 0.5) is 5.95 Å². The van der Waals surface area contributed by atoms with E-state index in [4.69, 9.17) is 0 Å². The molecule has 2 rings (SSSR count). The Morgan fingerprint density at radius 3 is 2.23 bits per heavy atom. The van der Waals surface area contributed by atoms with Gasteiger partial charge in [-0.1, -0.05) is 44.2 Å². The van der Waals surface area contributed by atoms with Crippen LogP contribution in [-0.2, 0) is 16.0 Å². The van der Waals surface area contributed by atoms with Crippen LogP contribution in [0.5, 0.6) is 0 Å². The molecule has 0 saturated carbocycles. The van der Waals surface area contributed by atoms with Crippen molar-refractivity contribution in [3.05, 3.63) is 53.3 Å². The van der Waals surface area contributed by atoms with Crippen molar-refractivity contribution in [2.75, 3.05) is 5.43 Å². The van der Waals surface area contributed by atoms with E-state index in [2.05, 4.69) is 26.1 Å². The molecule has 1 heterocycles. The van der Waals surface area contributed by atoms with Gasteiger partial charge in [0.15, 0.2) is 0 Å². The predicted molar refractivity (Wildman–Crippen MR) is 100 cm³/mol. The first kappa shape index (κ1) is 19.4. The number of aromatic nitrogens is 2. The van der Waals surface area contributed by atoms with Gasteiger partial charge < -0.3 is 5.32 Å². The summed E-state index contributed by atoms with van der Waals surface area (Å²) < 4.78 is 0. The van der Waals surface area contributed by atoms with Gasteiger partial charge in [0.05, 0.1) is 6.42 Å². The molecule has 0 radical (unpaired) electrons. The molecule has 0 bridgehead atoms. The van der Waals surface area contributed by atoms with Gasteiger partial charge in [-0.2, -0.15) is 0 Å². The van der Waals surface area contributed by atoms with Crippen LogP contribution < -0.4 is 16.2 Å². The van der Waals surface area contributed by atoms with E-state index in [-0.39, 0.29) is 24.2 Å². The Bertz CT molecular complexity index is 742. The van der Waals surface area contributed by atoms with Crippen molar-refractivity contribution in [1.29, 1.82) is 0 Å². The topological polar surface area (TPSA) is 96.0 Å². The fraction of sp³-hybridized carbons (Fsp3) is 0.368. The molecule has 0 aliphatic rings. The molecule has 2 aromatic rings. The number of hydrogen-bond acceptors (Lipinski definition) is 5. The second-order valence-electron chi connectivity index (χ2n) is 6.54. The highest BCUT2D eigenvalue weighted by Gasteiger charge is 2.24. The van der Waals surface area contributed by atoms with Crippen LogP contribution in [0.25, 0.3) is 0 Å². The number of amides is 2. The Labute approximate surface area is 153 Å². The molecule has 138 valence electrons. The van der Waals surface area contributed by atoms with Crippen LogP contribution in [0.1, 0.15) is 30.8 Å². The molecule has 1 aromatic heterocycles. The van der Waals surface area contributed by atoms with E-state index < -0.39 is 6.04 Å². The van der Waals surface area contributed by atoms with E-state index in [9.17, 15) is 9.59 Å². The van der Waals surface area contributed by atoms with Crippen LogP contribution in [0.3, 0.4) is 0 Å². The third-order valence-corrected chi connectivity index (χ3v) is 3.75. The largest absolute Gasteiger partial charge is 0.344 e. The summed E-state index contributed by atoms with van der Waals surface area (Å²) in [5, 5.41) is 2.79. The van der Waals surface area contributed by atoms with E-state index >= 15 is 0 Å². The van der Waals surface area contributed by atoms with Crippen molar-refractivity contribution in [1.82, 2.24) is 20.7 Å². The number of anilines is 1. The summed E-state index contributed by atoms with van der Waals surface area (Å²) in [6, 6.07) is 10.6. The summed E-state index contributed by atoms with van der Waals surface area (Å²) >= 11 is 0. The van der Waals surface area contributed by atoms with Crippen molar-refractivity contribution >= 4 is 17.8 Å². The SMILES string of the molecule is Cc1cc(C)nc(NNC(=O)[C@H](NC(=O)Cc2ccccc2)C(C)C)n1. The van der Waals surface area contributed by atoms with Gasteiger partial charge >= 0.3 is 0 Å². The van der Waals surface area contributed by atoms with Gasteiger partial charge in [0, 0.05) is 11.4 Å². The highest BCUT2D eigenvalue weighted by molar-refractivity contribution is 5.89. The van der Waals surface area contributed by atoms with Crippen molar-refractivity contribution in [3.63, 3.8) is 0 Å². The number of hydrazine groups is 1. The summed E-state index contributed by atoms with van der Waals surface area (Å²) in [6.07, 6.45) is 0.227. The molecule has 3 N–H and O–H groups in total. The Kier molecular flexibility index (Phi) is 6.66. The molecule has 26 heavy (non-hydrogen) atoms. The minimum absolute atomic E-state index is 0.0725. The number of nitrogens with zero attached hydrogens (tertiary/aromatic N) is 2. The Hall–Kier alpha value is -2.96. The number of hydrogen-bond donors (Lipinski definition) is 3. The van der Waals surface area contributed by atoms with Gasteiger partial charge in [-0.25, -0.2) is 9.97 Å². The fourth-order valence-electron chi connectivity index (χ4n) is 2.52. The summed E-state index contributed by atoms with van der Waals surface area (Å²) in [5.74, 6) is -0.303. The normalized spacial score (nSPS) is 11.7. The molecule has 1 aromatic carbocycles. The number of benzene rings is 1. The standard InChI is InChI=1S/C19H25N5O2/c1-12(2)17(22-16(25)11-15-8-6-5-7-9-15)18(26)23-24-19-20-13(3)10-14(4)21-19/h5-10,12,17H,11H2,1-4H3,(H,22,25)(H,23,26)(H,20,21,24)/t17-/m1/s1. The smallest absolute Gasteiger partial charge is 0.261 e. The van der Waals surface area contributed by atoms with Crippen LogP contribution >= 0.6 is 0 Å². The Morgan fingerprint density at radius 1 is 1.04 bits per heavy atom. The zero-order valence-corrected chi connectivity index (χ0v) is 15.5. The molecule has 0 unspecified atom stereocenters. The third kappa shape index (κ3) is 5.84. The lowest BCUT2D eigenvalue weighted by Crippen LogP contribution is -2.51. The molecule has 2 amide bonds. The predicted octanol–water partition coefficient (Wildman–Crippen LogP) is 1.92. The summed E-state index contributed by atoms with van der Waals surface area (Å²) in [6.45, 7) is 7.45. The lowest BCUT2D eigenvalue weighted by atomic mass is 10.0. The van der Waals surface area contributed by atoms with E-state index in [1.54, 1.807) is 0 Å². The molecule has 0 saturated heterocycles. The van der Waals surface area contributed by atoms with Crippen molar-refractivity contribution in [2.45, 2.75) is 40.2 Å². The summed E-state index contributed by atoms with van der Waals surface area (Å²) in [5.41, 5.74) is 7.78. The lowest BCUT2D eigenvalue weighted by Gasteiger charge is -2.22. The molecule has 7 heteroatoms. The second kappa shape index (κ2) is 8.94. The van der Waals surface area contributed by atoms with Crippen molar-refractivity contribution < 1.29 is 9.59 Å². The number of aryl methyl sites for hydroxylation is 2. The van der Waals surface area contributed by atoms with Crippen LogP contribution in [-0.4, -0.2) is 27.8 Å². The highest BCUT2D eigenvalue weighted by Crippen LogP contribution is 2.06. The maximum absolute atomic E-state index is 12.5. The third-order valence-electron chi connectivity index (χ3n) is 3.75.